The third-order valence-electron chi connectivity index (χ3n) is 2.50. The van der Waals surface area contributed by atoms with Gasteiger partial charge in [0.2, 0.25) is 0 Å². The molecule has 0 spiro atoms. The summed E-state index contributed by atoms with van der Waals surface area (Å²) in [5.41, 5.74) is 1.13. The van der Waals surface area contributed by atoms with Crippen LogP contribution in [0.5, 0.6) is 5.75 Å². The van der Waals surface area contributed by atoms with E-state index in [4.69, 9.17) is 4.74 Å². The van der Waals surface area contributed by atoms with Crippen LogP contribution < -0.4 is 15.4 Å². The van der Waals surface area contributed by atoms with Crippen molar-refractivity contribution >= 4 is 21.8 Å². The van der Waals surface area contributed by atoms with Gasteiger partial charge in [-0.3, -0.25) is 4.79 Å². The number of hydrogen-bond donors (Lipinski definition) is 2. The summed E-state index contributed by atoms with van der Waals surface area (Å²) < 4.78 is 6.50. The molecule has 0 bridgehead atoms. The summed E-state index contributed by atoms with van der Waals surface area (Å²) in [4.78, 5) is 11.3. The summed E-state index contributed by atoms with van der Waals surface area (Å²) in [7, 11) is 0. The van der Waals surface area contributed by atoms with Gasteiger partial charge in [0.05, 0.1) is 0 Å². The largest absolute Gasteiger partial charge is 0.484 e. The summed E-state index contributed by atoms with van der Waals surface area (Å²) in [6, 6.07) is 5.74. The Balaban J connectivity index is 2.54. The van der Waals surface area contributed by atoms with E-state index in [1.807, 2.05) is 25.1 Å². The molecule has 1 rings (SSSR count). The SMILES string of the molecule is CCCNCc1cc(OCC(=O)NCC)ccc1Br. The fourth-order valence-corrected chi connectivity index (χ4v) is 1.96. The molecule has 0 saturated carbocycles. The van der Waals surface area contributed by atoms with Crippen LogP contribution in [0.2, 0.25) is 0 Å². The van der Waals surface area contributed by atoms with Crippen molar-refractivity contribution in [2.24, 2.45) is 0 Å². The average molecular weight is 329 g/mol. The highest BCUT2D eigenvalue weighted by molar-refractivity contribution is 9.10. The average Bonchev–Trinajstić information content (AvgIpc) is 2.40. The van der Waals surface area contributed by atoms with Crippen molar-refractivity contribution in [3.63, 3.8) is 0 Å². The number of likely N-dealkylation sites (N-methyl/N-ethyl adjacent to an activating group) is 1. The highest BCUT2D eigenvalue weighted by Gasteiger charge is 2.05. The van der Waals surface area contributed by atoms with Crippen LogP contribution in [0.25, 0.3) is 0 Å². The number of nitrogens with one attached hydrogen (secondary N) is 2. The van der Waals surface area contributed by atoms with Gasteiger partial charge in [-0.05, 0) is 43.7 Å². The molecule has 0 heterocycles. The first-order valence-corrected chi connectivity index (χ1v) is 7.35. The summed E-state index contributed by atoms with van der Waals surface area (Å²) in [6.45, 7) is 6.46. The van der Waals surface area contributed by atoms with Crippen LogP contribution in [-0.2, 0) is 11.3 Å². The Hall–Kier alpha value is -1.07. The van der Waals surface area contributed by atoms with Gasteiger partial charge >= 0.3 is 0 Å². The molecule has 0 fully saturated rings. The molecule has 0 aromatic heterocycles. The van der Waals surface area contributed by atoms with Gasteiger partial charge < -0.3 is 15.4 Å². The van der Waals surface area contributed by atoms with Crippen molar-refractivity contribution in [3.8, 4) is 5.75 Å². The van der Waals surface area contributed by atoms with E-state index in [1.165, 1.54) is 0 Å². The molecule has 5 heteroatoms. The predicted octanol–water partition coefficient (Wildman–Crippen LogP) is 2.46. The van der Waals surface area contributed by atoms with Gasteiger partial charge in [-0.25, -0.2) is 0 Å². The zero-order valence-corrected chi connectivity index (χ0v) is 13.0. The summed E-state index contributed by atoms with van der Waals surface area (Å²) in [5.74, 6) is 0.610. The molecular formula is C14H21BrN2O2. The lowest BCUT2D eigenvalue weighted by atomic mass is 10.2. The maximum Gasteiger partial charge on any atom is 0.257 e. The molecule has 106 valence electrons. The van der Waals surface area contributed by atoms with E-state index in [-0.39, 0.29) is 12.5 Å². The summed E-state index contributed by atoms with van der Waals surface area (Å²) in [5, 5.41) is 6.04. The lowest BCUT2D eigenvalue weighted by Crippen LogP contribution is -2.28. The van der Waals surface area contributed by atoms with Gasteiger partial charge in [-0.15, -0.1) is 0 Å². The Morgan fingerprint density at radius 2 is 2.16 bits per heavy atom. The van der Waals surface area contributed by atoms with Crippen LogP contribution in [-0.4, -0.2) is 25.6 Å². The lowest BCUT2D eigenvalue weighted by molar-refractivity contribution is -0.122. The Labute approximate surface area is 123 Å². The molecule has 1 aromatic rings. The van der Waals surface area contributed by atoms with Gasteiger partial charge in [0.15, 0.2) is 6.61 Å². The third kappa shape index (κ3) is 6.07. The molecule has 0 aliphatic heterocycles. The maximum atomic E-state index is 11.3. The molecule has 0 saturated heterocycles. The summed E-state index contributed by atoms with van der Waals surface area (Å²) in [6.07, 6.45) is 1.10. The van der Waals surface area contributed by atoms with Crippen molar-refractivity contribution in [2.45, 2.75) is 26.8 Å². The number of carbonyl (C=O) groups excluding carboxylic acids is 1. The standard InChI is InChI=1S/C14H21BrN2O2/c1-3-7-16-9-11-8-12(5-6-13(11)15)19-10-14(18)17-4-2/h5-6,8,16H,3-4,7,9-10H2,1-2H3,(H,17,18). The second-order valence-corrected chi connectivity index (χ2v) is 5.03. The number of rotatable bonds is 8. The minimum atomic E-state index is -0.101. The molecule has 0 atom stereocenters. The van der Waals surface area contributed by atoms with E-state index in [0.29, 0.717) is 12.3 Å². The number of halogens is 1. The number of ether oxygens (including phenoxy) is 1. The van der Waals surface area contributed by atoms with Crippen LogP contribution in [0.1, 0.15) is 25.8 Å². The quantitative estimate of drug-likeness (QED) is 0.721. The first-order chi connectivity index (χ1) is 9.17. The first-order valence-electron chi connectivity index (χ1n) is 6.56. The van der Waals surface area contributed by atoms with Gasteiger partial charge in [0, 0.05) is 17.6 Å². The highest BCUT2D eigenvalue weighted by Crippen LogP contribution is 2.22. The van der Waals surface area contributed by atoms with E-state index in [2.05, 4.69) is 33.5 Å². The van der Waals surface area contributed by atoms with E-state index >= 15 is 0 Å². The van der Waals surface area contributed by atoms with E-state index in [0.717, 1.165) is 29.5 Å². The van der Waals surface area contributed by atoms with Crippen molar-refractivity contribution in [2.75, 3.05) is 19.7 Å². The fraction of sp³-hybridized carbons (Fsp3) is 0.500. The number of carbonyl (C=O) groups is 1. The van der Waals surface area contributed by atoms with Crippen LogP contribution in [0, 0.1) is 0 Å². The van der Waals surface area contributed by atoms with Crippen molar-refractivity contribution in [1.82, 2.24) is 10.6 Å². The number of hydrogen-bond acceptors (Lipinski definition) is 3. The van der Waals surface area contributed by atoms with E-state index in [9.17, 15) is 4.79 Å². The van der Waals surface area contributed by atoms with Crippen molar-refractivity contribution in [3.05, 3.63) is 28.2 Å². The number of benzene rings is 1. The Kier molecular flexibility index (Phi) is 7.52. The smallest absolute Gasteiger partial charge is 0.257 e. The molecule has 4 nitrogen and oxygen atoms in total. The zero-order valence-electron chi connectivity index (χ0n) is 11.5. The molecule has 0 radical (unpaired) electrons. The fourth-order valence-electron chi connectivity index (χ4n) is 1.57. The third-order valence-corrected chi connectivity index (χ3v) is 3.28. The Bertz CT molecular complexity index is 410. The minimum Gasteiger partial charge on any atom is -0.484 e. The van der Waals surface area contributed by atoms with Gasteiger partial charge in [-0.1, -0.05) is 22.9 Å². The summed E-state index contributed by atoms with van der Waals surface area (Å²) >= 11 is 3.51. The minimum absolute atomic E-state index is 0.0529. The monoisotopic (exact) mass is 328 g/mol. The molecule has 0 aliphatic carbocycles. The first kappa shape index (κ1) is 16.0. The molecule has 0 aliphatic rings. The van der Waals surface area contributed by atoms with Crippen LogP contribution in [0.4, 0.5) is 0 Å². The van der Waals surface area contributed by atoms with Crippen molar-refractivity contribution < 1.29 is 9.53 Å². The van der Waals surface area contributed by atoms with Gasteiger partial charge in [0.25, 0.3) is 5.91 Å². The highest BCUT2D eigenvalue weighted by atomic mass is 79.9. The Morgan fingerprint density at radius 3 is 2.84 bits per heavy atom. The van der Waals surface area contributed by atoms with E-state index in [1.54, 1.807) is 0 Å². The second-order valence-electron chi connectivity index (χ2n) is 4.17. The normalized spacial score (nSPS) is 10.3. The number of amides is 1. The van der Waals surface area contributed by atoms with E-state index < -0.39 is 0 Å². The zero-order chi connectivity index (χ0) is 14.1. The molecule has 1 amide bonds. The topological polar surface area (TPSA) is 50.4 Å². The van der Waals surface area contributed by atoms with Gasteiger partial charge in [-0.2, -0.15) is 0 Å². The Morgan fingerprint density at radius 1 is 1.37 bits per heavy atom. The van der Waals surface area contributed by atoms with Crippen LogP contribution in [0.15, 0.2) is 22.7 Å². The van der Waals surface area contributed by atoms with Crippen LogP contribution >= 0.6 is 15.9 Å². The molecule has 19 heavy (non-hydrogen) atoms. The van der Waals surface area contributed by atoms with Crippen LogP contribution in [0.3, 0.4) is 0 Å². The van der Waals surface area contributed by atoms with Crippen molar-refractivity contribution in [1.29, 1.82) is 0 Å². The maximum absolute atomic E-state index is 11.3. The second kappa shape index (κ2) is 8.93. The molecular weight excluding hydrogens is 308 g/mol. The van der Waals surface area contributed by atoms with Gasteiger partial charge in [0.1, 0.15) is 5.75 Å². The molecule has 0 unspecified atom stereocenters. The predicted molar refractivity (Wildman–Crippen MR) is 80.3 cm³/mol. The molecule has 2 N–H and O–H groups in total. The molecule has 1 aromatic carbocycles. The lowest BCUT2D eigenvalue weighted by Gasteiger charge is -2.10.